The number of aromatic nitrogens is 2. The van der Waals surface area contributed by atoms with E-state index in [0.717, 1.165) is 10.7 Å². The van der Waals surface area contributed by atoms with Gasteiger partial charge in [0.1, 0.15) is 21.2 Å². The number of carboxylic acids is 1. The van der Waals surface area contributed by atoms with Crippen LogP contribution in [0.25, 0.3) is 5.69 Å². The minimum Gasteiger partial charge on any atom is -0.480 e. The van der Waals surface area contributed by atoms with Gasteiger partial charge in [0.05, 0.1) is 16.9 Å². The second-order valence-corrected chi connectivity index (χ2v) is 9.89. The summed E-state index contributed by atoms with van der Waals surface area (Å²) in [5.41, 5.74) is 0.860. The van der Waals surface area contributed by atoms with Crippen LogP contribution in [0.2, 0.25) is 0 Å². The van der Waals surface area contributed by atoms with Crippen molar-refractivity contribution in [3.63, 3.8) is 0 Å². The molecule has 1 amide bonds. The van der Waals surface area contributed by atoms with Crippen molar-refractivity contribution < 1.29 is 14.7 Å². The Kier molecular flexibility index (Phi) is 5.58. The van der Waals surface area contributed by atoms with Gasteiger partial charge in [-0.05, 0) is 24.6 Å². The Hall–Kier alpha value is -2.04. The van der Waals surface area contributed by atoms with Crippen molar-refractivity contribution in [2.24, 2.45) is 0 Å². The number of nitrogens with one attached hydrogen (secondary N) is 1. The Morgan fingerprint density at radius 3 is 2.86 bits per heavy atom. The molecule has 2 aliphatic rings. The maximum atomic E-state index is 12.6. The third kappa shape index (κ3) is 3.64. The number of amides is 1. The molecule has 10 heteroatoms. The highest BCUT2D eigenvalue weighted by molar-refractivity contribution is 8.05. The predicted octanol–water partition coefficient (Wildman–Crippen LogP) is 2.40. The summed E-state index contributed by atoms with van der Waals surface area (Å²) in [5, 5.41) is 18.2. The lowest BCUT2D eigenvalue weighted by molar-refractivity contribution is -0.149. The summed E-state index contributed by atoms with van der Waals surface area (Å²) in [6.45, 7) is 2.09. The lowest BCUT2D eigenvalue weighted by Crippen LogP contribution is -2.74. The van der Waals surface area contributed by atoms with Gasteiger partial charge in [-0.1, -0.05) is 49.1 Å². The normalized spacial score (nSPS) is 25.8. The zero-order valence-electron chi connectivity index (χ0n) is 15.6. The van der Waals surface area contributed by atoms with Crippen LogP contribution in [0.4, 0.5) is 0 Å². The van der Waals surface area contributed by atoms with Crippen molar-refractivity contribution in [2.75, 3.05) is 12.3 Å². The van der Waals surface area contributed by atoms with Gasteiger partial charge in [-0.15, -0.1) is 11.8 Å². The van der Waals surface area contributed by atoms with Crippen molar-refractivity contribution in [1.82, 2.24) is 20.0 Å². The molecule has 0 spiro atoms. The van der Waals surface area contributed by atoms with Crippen molar-refractivity contribution in [3.05, 3.63) is 42.6 Å². The number of rotatable bonds is 6. The van der Waals surface area contributed by atoms with Crippen LogP contribution in [-0.2, 0) is 9.59 Å². The third-order valence-electron chi connectivity index (χ3n) is 4.99. The molecule has 29 heavy (non-hydrogen) atoms. The first kappa shape index (κ1) is 20.2. The van der Waals surface area contributed by atoms with Crippen molar-refractivity contribution in [3.8, 4) is 5.69 Å². The summed E-state index contributed by atoms with van der Waals surface area (Å²) in [4.78, 5) is 27.2. The topological polar surface area (TPSA) is 87.5 Å². The second kappa shape index (κ2) is 8.00. The predicted molar refractivity (Wildman–Crippen MR) is 118 cm³/mol. The van der Waals surface area contributed by atoms with Crippen LogP contribution >= 0.6 is 35.7 Å². The molecule has 3 atom stereocenters. The summed E-state index contributed by atoms with van der Waals surface area (Å²) in [6, 6.07) is 11.0. The van der Waals surface area contributed by atoms with E-state index >= 15 is 0 Å². The van der Waals surface area contributed by atoms with Crippen LogP contribution in [0.5, 0.6) is 0 Å². The van der Waals surface area contributed by atoms with Gasteiger partial charge in [-0.3, -0.25) is 9.59 Å². The molecular weight excluding hydrogens is 428 g/mol. The molecule has 1 aromatic carbocycles. The van der Waals surface area contributed by atoms with E-state index in [4.69, 9.17) is 12.2 Å². The van der Waals surface area contributed by atoms with E-state index in [1.54, 1.807) is 21.8 Å². The third-order valence-corrected chi connectivity index (χ3v) is 8.46. The fourth-order valence-electron chi connectivity index (χ4n) is 3.39. The molecular formula is C19H20N4O3S3. The molecule has 1 unspecified atom stereocenters. The van der Waals surface area contributed by atoms with Crippen LogP contribution in [0, 0.1) is 0 Å². The number of hydrogen-bond donors (Lipinski definition) is 2. The molecule has 1 aromatic heterocycles. The van der Waals surface area contributed by atoms with Crippen molar-refractivity contribution >= 4 is 52.6 Å². The molecule has 152 valence electrons. The highest BCUT2D eigenvalue weighted by atomic mass is 32.2. The summed E-state index contributed by atoms with van der Waals surface area (Å²) in [5.74, 6) is -0.637. The molecule has 2 N–H and O–H groups in total. The number of aliphatic carboxylic acids is 1. The van der Waals surface area contributed by atoms with Crippen LogP contribution < -0.4 is 5.32 Å². The van der Waals surface area contributed by atoms with Gasteiger partial charge < -0.3 is 15.3 Å². The number of carbonyl (C=O) groups excluding carboxylic acids is 1. The fourth-order valence-corrected chi connectivity index (χ4v) is 6.41. The van der Waals surface area contributed by atoms with Gasteiger partial charge in [-0.25, -0.2) is 4.68 Å². The smallest absolute Gasteiger partial charge is 0.322 e. The molecule has 3 heterocycles. The molecule has 0 radical (unpaired) electrons. The summed E-state index contributed by atoms with van der Waals surface area (Å²) in [6.07, 6.45) is 2.33. The monoisotopic (exact) mass is 448 g/mol. The quantitative estimate of drug-likeness (QED) is 0.515. The highest BCUT2D eigenvalue weighted by Crippen LogP contribution is 2.46. The number of carboxylic acid groups (broad SMARTS) is 1. The maximum Gasteiger partial charge on any atom is 0.322 e. The standard InChI is InChI=1S/C19H20N4O3S3/c1-2-13(27)21-15-16(24)22-10-19(18(25)26,11-28-17(15)22)29-14-8-9-20-23(14)12-6-4-3-5-7-12/h3-9,15,17H,2,10-11H2,1H3,(H,21,27)(H,25,26)/t15-,17-,19?/m1/s1. The zero-order valence-corrected chi connectivity index (χ0v) is 18.1. The molecule has 7 nitrogen and oxygen atoms in total. The van der Waals surface area contributed by atoms with Gasteiger partial charge in [-0.2, -0.15) is 5.10 Å². The SMILES string of the molecule is CCC(=S)N[C@@H]1C(=O)N2CC(Sc3ccnn3-c3ccccc3)(C(=O)O)CS[C@H]12. The number of hydrogen-bond acceptors (Lipinski definition) is 6. The van der Waals surface area contributed by atoms with E-state index in [1.807, 2.05) is 37.3 Å². The van der Waals surface area contributed by atoms with Crippen LogP contribution in [-0.4, -0.2) is 65.1 Å². The molecule has 0 bridgehead atoms. The van der Waals surface area contributed by atoms with Gasteiger partial charge in [0, 0.05) is 12.3 Å². The molecule has 4 rings (SSSR count). The number of thiocarbonyl (C=S) groups is 1. The number of nitrogens with zero attached hydrogens (tertiary/aromatic N) is 3. The second-order valence-electron chi connectivity index (χ2n) is 6.88. The van der Waals surface area contributed by atoms with E-state index < -0.39 is 10.7 Å². The van der Waals surface area contributed by atoms with Crippen LogP contribution in [0.15, 0.2) is 47.6 Å². The number of thioether (sulfide) groups is 2. The average molecular weight is 449 g/mol. The number of benzene rings is 1. The first-order valence-electron chi connectivity index (χ1n) is 9.18. The number of fused-ring (bicyclic) bond motifs is 1. The zero-order chi connectivity index (χ0) is 20.6. The van der Waals surface area contributed by atoms with Gasteiger partial charge in [0.2, 0.25) is 5.91 Å². The average Bonchev–Trinajstić information content (AvgIpc) is 3.20. The summed E-state index contributed by atoms with van der Waals surface area (Å²) in [7, 11) is 0. The number of carbonyl (C=O) groups is 2. The molecule has 2 fully saturated rings. The Morgan fingerprint density at radius 1 is 1.41 bits per heavy atom. The van der Waals surface area contributed by atoms with E-state index in [9.17, 15) is 14.7 Å². The summed E-state index contributed by atoms with van der Waals surface area (Å²) < 4.78 is 0.591. The first-order chi connectivity index (χ1) is 13.9. The maximum absolute atomic E-state index is 12.6. The van der Waals surface area contributed by atoms with Gasteiger partial charge in [0.25, 0.3) is 0 Å². The van der Waals surface area contributed by atoms with Gasteiger partial charge >= 0.3 is 5.97 Å². The number of para-hydroxylation sites is 1. The Bertz CT molecular complexity index is 951. The van der Waals surface area contributed by atoms with Crippen molar-refractivity contribution in [2.45, 2.75) is 34.5 Å². The summed E-state index contributed by atoms with van der Waals surface area (Å²) >= 11 is 7.94. The Labute approximate surface area is 182 Å². The molecule has 2 aromatic rings. The minimum absolute atomic E-state index is 0.0842. The van der Waals surface area contributed by atoms with E-state index in [2.05, 4.69) is 10.4 Å². The van der Waals surface area contributed by atoms with E-state index in [-0.39, 0.29) is 23.9 Å². The Morgan fingerprint density at radius 2 is 2.17 bits per heavy atom. The molecule has 2 aliphatic heterocycles. The molecule has 2 saturated heterocycles. The van der Waals surface area contributed by atoms with E-state index in [1.165, 1.54) is 23.5 Å². The number of β-lactam (4-membered cyclic amide) rings is 1. The lowest BCUT2D eigenvalue weighted by Gasteiger charge is -2.53. The van der Waals surface area contributed by atoms with E-state index in [0.29, 0.717) is 17.2 Å². The lowest BCUT2D eigenvalue weighted by atomic mass is 10.0. The Balaban J connectivity index is 1.55. The van der Waals surface area contributed by atoms with Crippen LogP contribution in [0.3, 0.4) is 0 Å². The first-order valence-corrected chi connectivity index (χ1v) is 11.5. The van der Waals surface area contributed by atoms with Crippen molar-refractivity contribution in [1.29, 1.82) is 0 Å². The molecule has 0 aliphatic carbocycles. The minimum atomic E-state index is -1.14. The largest absolute Gasteiger partial charge is 0.480 e. The fraction of sp³-hybridized carbons (Fsp3) is 0.368. The van der Waals surface area contributed by atoms with Gasteiger partial charge in [0.15, 0.2) is 0 Å². The van der Waals surface area contributed by atoms with Crippen LogP contribution in [0.1, 0.15) is 13.3 Å². The highest BCUT2D eigenvalue weighted by Gasteiger charge is 2.57. The molecule has 0 saturated carbocycles.